The Balaban J connectivity index is 1.43. The molecule has 0 unspecified atom stereocenters. The third-order valence-corrected chi connectivity index (χ3v) is 8.59. The predicted molar refractivity (Wildman–Crippen MR) is 94.6 cm³/mol. The summed E-state index contributed by atoms with van der Waals surface area (Å²) in [7, 11) is -2.16. The molecule has 1 aliphatic heterocycles. The van der Waals surface area contributed by atoms with E-state index in [0.29, 0.717) is 17.6 Å². The summed E-state index contributed by atoms with van der Waals surface area (Å²) in [5, 5.41) is 1.59. The smallest absolute Gasteiger partial charge is 0.260 e. The molecule has 0 aromatic heterocycles. The average molecular weight is 376 g/mol. The minimum atomic E-state index is -3.71. The Morgan fingerprint density at radius 2 is 1.54 bits per heavy atom. The van der Waals surface area contributed by atoms with Crippen molar-refractivity contribution >= 4 is 15.9 Å². The average Bonchev–Trinajstić information content (AvgIpc) is 2.62. The van der Waals surface area contributed by atoms with Crippen LogP contribution < -0.4 is 4.74 Å². The molecule has 4 bridgehead atoms. The second-order valence-corrected chi connectivity index (χ2v) is 10.2. The molecule has 4 saturated carbocycles. The van der Waals surface area contributed by atoms with Crippen molar-refractivity contribution in [2.24, 2.45) is 23.7 Å². The fraction of sp³-hybridized carbons (Fsp3) is 0.632. The Kier molecular flexibility index (Phi) is 3.63. The molecule has 6 rings (SSSR count). The lowest BCUT2D eigenvalue weighted by Gasteiger charge is -2.60. The van der Waals surface area contributed by atoms with Crippen molar-refractivity contribution in [3.63, 3.8) is 0 Å². The van der Waals surface area contributed by atoms with Gasteiger partial charge >= 0.3 is 0 Å². The number of hydrazine groups is 1. The Morgan fingerprint density at radius 3 is 2.04 bits per heavy atom. The zero-order valence-electron chi connectivity index (χ0n) is 14.9. The van der Waals surface area contributed by atoms with Gasteiger partial charge in [0.1, 0.15) is 12.3 Å². The van der Waals surface area contributed by atoms with Gasteiger partial charge in [0.15, 0.2) is 0 Å². The summed E-state index contributed by atoms with van der Waals surface area (Å²) in [6, 6.07) is 6.44. The zero-order chi connectivity index (χ0) is 18.1. The van der Waals surface area contributed by atoms with Gasteiger partial charge in [-0.2, -0.15) is 0 Å². The first-order valence-electron chi connectivity index (χ1n) is 9.46. The van der Waals surface area contributed by atoms with Crippen LogP contribution >= 0.6 is 0 Å². The van der Waals surface area contributed by atoms with Crippen molar-refractivity contribution in [3.8, 4) is 5.75 Å². The Hall–Kier alpha value is -1.60. The van der Waals surface area contributed by atoms with E-state index in [1.165, 1.54) is 10.8 Å². The Bertz CT molecular complexity index is 808. The number of carbonyl (C=O) groups excluding carboxylic acids is 1. The molecule has 1 aromatic rings. The van der Waals surface area contributed by atoms with Crippen molar-refractivity contribution < 1.29 is 17.9 Å². The van der Waals surface area contributed by atoms with E-state index < -0.39 is 10.0 Å². The number of hydrogen-bond acceptors (Lipinski definition) is 4. The number of nitrogens with zero attached hydrogens (tertiary/aromatic N) is 2. The Labute approximate surface area is 154 Å². The molecule has 5 fully saturated rings. The fourth-order valence-corrected chi connectivity index (χ4v) is 7.43. The zero-order valence-corrected chi connectivity index (χ0v) is 15.7. The predicted octanol–water partition coefficient (Wildman–Crippen LogP) is 2.27. The van der Waals surface area contributed by atoms with Gasteiger partial charge in [0.2, 0.25) is 0 Å². The number of methoxy groups -OCH3 is 1. The quantitative estimate of drug-likeness (QED) is 0.808. The van der Waals surface area contributed by atoms with Crippen LogP contribution in [0.15, 0.2) is 29.2 Å². The van der Waals surface area contributed by atoms with Gasteiger partial charge in [-0.1, -0.05) is 4.41 Å². The summed E-state index contributed by atoms with van der Waals surface area (Å²) in [5.41, 5.74) is 0. The lowest BCUT2D eigenvalue weighted by molar-refractivity contribution is -0.189. The van der Waals surface area contributed by atoms with E-state index >= 15 is 0 Å². The Morgan fingerprint density at radius 1 is 0.962 bits per heavy atom. The molecule has 140 valence electrons. The first-order valence-corrected chi connectivity index (χ1v) is 10.9. The molecule has 1 saturated heterocycles. The van der Waals surface area contributed by atoms with Gasteiger partial charge < -0.3 is 4.74 Å². The molecule has 4 aliphatic carbocycles. The molecule has 26 heavy (non-hydrogen) atoms. The van der Waals surface area contributed by atoms with Crippen molar-refractivity contribution in [2.75, 3.05) is 13.7 Å². The summed E-state index contributed by atoms with van der Waals surface area (Å²) < 4.78 is 32.6. The van der Waals surface area contributed by atoms with Crippen LogP contribution in [-0.4, -0.2) is 43.4 Å². The summed E-state index contributed by atoms with van der Waals surface area (Å²) in [6.07, 6.45) is 5.94. The highest BCUT2D eigenvalue weighted by atomic mass is 32.2. The van der Waals surface area contributed by atoms with Gasteiger partial charge in [-0.3, -0.25) is 9.80 Å². The number of carbonyl (C=O) groups is 1. The van der Waals surface area contributed by atoms with Gasteiger partial charge in [0.05, 0.1) is 18.0 Å². The molecule has 1 aromatic carbocycles. The molecule has 0 spiro atoms. The number of hydrogen-bond donors (Lipinski definition) is 0. The summed E-state index contributed by atoms with van der Waals surface area (Å²) >= 11 is 0. The number of sulfonamides is 1. The molecular formula is C19H24N2O4S. The van der Waals surface area contributed by atoms with E-state index in [0.717, 1.165) is 37.5 Å². The third-order valence-electron chi connectivity index (χ3n) is 6.86. The van der Waals surface area contributed by atoms with Gasteiger partial charge in [0.25, 0.3) is 15.9 Å². The van der Waals surface area contributed by atoms with Crippen LogP contribution in [0.4, 0.5) is 0 Å². The second-order valence-electron chi connectivity index (χ2n) is 8.32. The van der Waals surface area contributed by atoms with Crippen LogP contribution in [-0.2, 0) is 14.8 Å². The highest BCUT2D eigenvalue weighted by Crippen LogP contribution is 2.56. The van der Waals surface area contributed by atoms with Crippen LogP contribution in [0.1, 0.15) is 32.1 Å². The molecule has 5 aliphatic rings. The van der Waals surface area contributed by atoms with E-state index in [4.69, 9.17) is 4.74 Å². The van der Waals surface area contributed by atoms with Crippen LogP contribution in [0.25, 0.3) is 0 Å². The summed E-state index contributed by atoms with van der Waals surface area (Å²) in [4.78, 5) is 12.7. The minimum absolute atomic E-state index is 0.0445. The van der Waals surface area contributed by atoms with Crippen molar-refractivity contribution in [1.82, 2.24) is 9.42 Å². The second kappa shape index (κ2) is 5.70. The number of benzene rings is 1. The maximum Gasteiger partial charge on any atom is 0.260 e. The maximum atomic E-state index is 13.1. The number of amides is 1. The largest absolute Gasteiger partial charge is 0.497 e. The van der Waals surface area contributed by atoms with Crippen LogP contribution in [0.3, 0.4) is 0 Å². The molecule has 1 amide bonds. The van der Waals surface area contributed by atoms with Gasteiger partial charge in [-0.05, 0) is 80.0 Å². The van der Waals surface area contributed by atoms with Crippen molar-refractivity contribution in [3.05, 3.63) is 24.3 Å². The van der Waals surface area contributed by atoms with Gasteiger partial charge in [0, 0.05) is 0 Å². The van der Waals surface area contributed by atoms with E-state index in [1.54, 1.807) is 36.4 Å². The van der Waals surface area contributed by atoms with E-state index in [1.807, 2.05) is 0 Å². The molecular weight excluding hydrogens is 352 g/mol. The summed E-state index contributed by atoms with van der Waals surface area (Å²) in [6.45, 7) is -0.0445. The summed E-state index contributed by atoms with van der Waals surface area (Å²) in [5.74, 6) is 3.06. The fourth-order valence-electron chi connectivity index (χ4n) is 5.99. The van der Waals surface area contributed by atoms with E-state index in [9.17, 15) is 13.2 Å². The third kappa shape index (κ3) is 2.33. The van der Waals surface area contributed by atoms with Crippen molar-refractivity contribution in [2.45, 2.75) is 43.0 Å². The SMILES string of the molecule is COc1ccc(S(=O)(=O)N2CC(=O)N2C2C3CC4CC(C3)CC2C4)cc1. The number of rotatable bonds is 4. The molecule has 0 radical (unpaired) electrons. The normalized spacial score (nSPS) is 36.3. The topological polar surface area (TPSA) is 66.9 Å². The molecule has 0 atom stereocenters. The lowest BCUT2D eigenvalue weighted by Crippen LogP contribution is -2.71. The molecule has 6 nitrogen and oxygen atoms in total. The standard InChI is InChI=1S/C19H24N2O4S/c1-25-16-2-4-17(5-3-16)26(23,24)20-11-18(22)21(20)19-14-7-12-6-13(9-14)10-15(19)8-12/h2-5,12-15,19H,6-11H2,1H3. The van der Waals surface area contributed by atoms with Gasteiger partial charge in [-0.25, -0.2) is 8.42 Å². The van der Waals surface area contributed by atoms with Gasteiger partial charge in [-0.15, -0.1) is 0 Å². The van der Waals surface area contributed by atoms with Crippen LogP contribution in [0.2, 0.25) is 0 Å². The van der Waals surface area contributed by atoms with Crippen LogP contribution in [0, 0.1) is 23.7 Å². The lowest BCUT2D eigenvalue weighted by atomic mass is 9.54. The monoisotopic (exact) mass is 376 g/mol. The first-order chi connectivity index (χ1) is 12.5. The molecule has 1 heterocycles. The maximum absolute atomic E-state index is 13.1. The van der Waals surface area contributed by atoms with E-state index in [-0.39, 0.29) is 23.4 Å². The molecule has 0 N–H and O–H groups in total. The first kappa shape index (κ1) is 16.6. The van der Waals surface area contributed by atoms with Crippen molar-refractivity contribution in [1.29, 1.82) is 0 Å². The minimum Gasteiger partial charge on any atom is -0.497 e. The highest BCUT2D eigenvalue weighted by molar-refractivity contribution is 7.89. The van der Waals surface area contributed by atoms with Crippen LogP contribution in [0.5, 0.6) is 5.75 Å². The highest BCUT2D eigenvalue weighted by Gasteiger charge is 2.56. The molecule has 7 heteroatoms. The number of ether oxygens (including phenoxy) is 1. The van der Waals surface area contributed by atoms with E-state index in [2.05, 4.69) is 0 Å².